The molecule has 23 heavy (non-hydrogen) atoms. The SMILES string of the molecule is Cc1nc(N(Cc2ccccc2)Cc2ccccc2)ccc1Br. The van der Waals surface area contributed by atoms with Gasteiger partial charge in [-0.25, -0.2) is 4.98 Å². The zero-order valence-electron chi connectivity index (χ0n) is 13.1. The number of nitrogens with zero attached hydrogens (tertiary/aromatic N) is 2. The molecule has 2 aromatic carbocycles. The molecule has 0 saturated heterocycles. The average molecular weight is 367 g/mol. The van der Waals surface area contributed by atoms with Crippen molar-refractivity contribution in [3.63, 3.8) is 0 Å². The molecule has 0 radical (unpaired) electrons. The molecule has 3 aromatic rings. The van der Waals surface area contributed by atoms with Crippen molar-refractivity contribution in [1.29, 1.82) is 0 Å². The number of aryl methyl sites for hydroxylation is 1. The Kier molecular flexibility index (Phi) is 5.09. The first-order chi connectivity index (χ1) is 11.2. The van der Waals surface area contributed by atoms with Crippen molar-refractivity contribution in [3.8, 4) is 0 Å². The zero-order valence-corrected chi connectivity index (χ0v) is 14.7. The minimum Gasteiger partial charge on any atom is -0.348 e. The molecule has 2 nitrogen and oxygen atoms in total. The van der Waals surface area contributed by atoms with Crippen molar-refractivity contribution in [3.05, 3.63) is 94.1 Å². The Morgan fingerprint density at radius 3 is 1.78 bits per heavy atom. The summed E-state index contributed by atoms with van der Waals surface area (Å²) in [5.74, 6) is 0.999. The van der Waals surface area contributed by atoms with Crippen LogP contribution in [-0.2, 0) is 13.1 Å². The summed E-state index contributed by atoms with van der Waals surface area (Å²) in [6.07, 6.45) is 0. The van der Waals surface area contributed by atoms with Crippen LogP contribution in [0.1, 0.15) is 16.8 Å². The lowest BCUT2D eigenvalue weighted by Gasteiger charge is -2.24. The maximum absolute atomic E-state index is 4.74. The highest BCUT2D eigenvalue weighted by Crippen LogP contribution is 2.22. The van der Waals surface area contributed by atoms with Gasteiger partial charge in [-0.15, -0.1) is 0 Å². The summed E-state index contributed by atoms with van der Waals surface area (Å²) in [5, 5.41) is 0. The third-order valence-corrected chi connectivity index (χ3v) is 4.60. The number of anilines is 1. The van der Waals surface area contributed by atoms with E-state index in [-0.39, 0.29) is 0 Å². The lowest BCUT2D eigenvalue weighted by molar-refractivity contribution is 0.780. The van der Waals surface area contributed by atoms with Crippen LogP contribution in [0.25, 0.3) is 0 Å². The van der Waals surface area contributed by atoms with Gasteiger partial charge in [-0.05, 0) is 46.1 Å². The van der Waals surface area contributed by atoms with Crippen LogP contribution in [0.5, 0.6) is 0 Å². The van der Waals surface area contributed by atoms with Gasteiger partial charge in [0.2, 0.25) is 0 Å². The molecule has 0 saturated carbocycles. The van der Waals surface area contributed by atoms with E-state index in [4.69, 9.17) is 4.98 Å². The van der Waals surface area contributed by atoms with Crippen molar-refractivity contribution in [1.82, 2.24) is 4.98 Å². The number of benzene rings is 2. The Morgan fingerprint density at radius 1 is 0.783 bits per heavy atom. The topological polar surface area (TPSA) is 16.1 Å². The molecule has 1 aromatic heterocycles. The Labute approximate surface area is 145 Å². The molecule has 0 atom stereocenters. The lowest BCUT2D eigenvalue weighted by Crippen LogP contribution is -2.23. The van der Waals surface area contributed by atoms with Crippen LogP contribution in [0.2, 0.25) is 0 Å². The summed E-state index contributed by atoms with van der Waals surface area (Å²) >= 11 is 3.53. The second-order valence-electron chi connectivity index (χ2n) is 5.56. The number of aromatic nitrogens is 1. The molecule has 3 rings (SSSR count). The van der Waals surface area contributed by atoms with Gasteiger partial charge in [0.15, 0.2) is 0 Å². The summed E-state index contributed by atoms with van der Waals surface area (Å²) in [4.78, 5) is 7.05. The monoisotopic (exact) mass is 366 g/mol. The molecular formula is C20H19BrN2. The zero-order chi connectivity index (χ0) is 16.1. The van der Waals surface area contributed by atoms with Crippen molar-refractivity contribution in [2.45, 2.75) is 20.0 Å². The van der Waals surface area contributed by atoms with Gasteiger partial charge in [0, 0.05) is 17.6 Å². The highest BCUT2D eigenvalue weighted by atomic mass is 79.9. The fourth-order valence-corrected chi connectivity index (χ4v) is 2.75. The number of hydrogen-bond acceptors (Lipinski definition) is 2. The van der Waals surface area contributed by atoms with Crippen LogP contribution in [0.3, 0.4) is 0 Å². The first-order valence-electron chi connectivity index (χ1n) is 7.68. The quantitative estimate of drug-likeness (QED) is 0.604. The normalized spacial score (nSPS) is 10.5. The summed E-state index contributed by atoms with van der Waals surface area (Å²) in [5.41, 5.74) is 3.57. The summed E-state index contributed by atoms with van der Waals surface area (Å²) in [6, 6.07) is 25.2. The third-order valence-electron chi connectivity index (χ3n) is 3.76. The maximum Gasteiger partial charge on any atom is 0.129 e. The minimum atomic E-state index is 0.837. The molecule has 0 aliphatic rings. The van der Waals surface area contributed by atoms with Gasteiger partial charge in [-0.2, -0.15) is 0 Å². The van der Waals surface area contributed by atoms with E-state index < -0.39 is 0 Å². The molecular weight excluding hydrogens is 348 g/mol. The number of halogens is 1. The smallest absolute Gasteiger partial charge is 0.129 e. The van der Waals surface area contributed by atoms with Crippen LogP contribution >= 0.6 is 15.9 Å². The molecule has 0 spiro atoms. The summed E-state index contributed by atoms with van der Waals surface area (Å²) in [7, 11) is 0. The highest BCUT2D eigenvalue weighted by Gasteiger charge is 2.11. The van der Waals surface area contributed by atoms with Gasteiger partial charge >= 0.3 is 0 Å². The Morgan fingerprint density at radius 2 is 1.30 bits per heavy atom. The number of hydrogen-bond donors (Lipinski definition) is 0. The fraction of sp³-hybridized carbons (Fsp3) is 0.150. The molecule has 0 aliphatic carbocycles. The van der Waals surface area contributed by atoms with Crippen LogP contribution in [0, 0.1) is 6.92 Å². The molecule has 0 unspecified atom stereocenters. The molecule has 116 valence electrons. The first-order valence-corrected chi connectivity index (χ1v) is 8.47. The predicted molar refractivity (Wildman–Crippen MR) is 99.4 cm³/mol. The fourth-order valence-electron chi connectivity index (χ4n) is 2.53. The standard InChI is InChI=1S/C20H19BrN2/c1-16-19(21)12-13-20(22-16)23(14-17-8-4-2-5-9-17)15-18-10-6-3-7-11-18/h2-13H,14-15H2,1H3. The van der Waals surface area contributed by atoms with Crippen molar-refractivity contribution >= 4 is 21.7 Å². The molecule has 0 aliphatic heterocycles. The maximum atomic E-state index is 4.74. The van der Waals surface area contributed by atoms with E-state index in [1.807, 2.05) is 19.1 Å². The van der Waals surface area contributed by atoms with Gasteiger partial charge < -0.3 is 4.90 Å². The van der Waals surface area contributed by atoms with Gasteiger partial charge in [-0.1, -0.05) is 60.7 Å². The molecule has 3 heteroatoms. The first kappa shape index (κ1) is 15.8. The van der Waals surface area contributed by atoms with E-state index in [0.29, 0.717) is 0 Å². The van der Waals surface area contributed by atoms with E-state index >= 15 is 0 Å². The molecule has 1 heterocycles. The van der Waals surface area contributed by atoms with E-state index in [1.165, 1.54) is 11.1 Å². The van der Waals surface area contributed by atoms with Crippen LogP contribution in [-0.4, -0.2) is 4.98 Å². The van der Waals surface area contributed by atoms with Crippen molar-refractivity contribution < 1.29 is 0 Å². The van der Waals surface area contributed by atoms with E-state index in [2.05, 4.69) is 81.5 Å². The number of pyridine rings is 1. The molecule has 0 N–H and O–H groups in total. The van der Waals surface area contributed by atoms with E-state index in [1.54, 1.807) is 0 Å². The highest BCUT2D eigenvalue weighted by molar-refractivity contribution is 9.10. The van der Waals surface area contributed by atoms with Crippen LogP contribution in [0.4, 0.5) is 5.82 Å². The second-order valence-corrected chi connectivity index (χ2v) is 6.42. The lowest BCUT2D eigenvalue weighted by atomic mass is 10.1. The van der Waals surface area contributed by atoms with Crippen molar-refractivity contribution in [2.75, 3.05) is 4.90 Å². The summed E-state index contributed by atoms with van der Waals surface area (Å²) < 4.78 is 1.04. The van der Waals surface area contributed by atoms with Gasteiger partial charge in [0.05, 0.1) is 5.69 Å². The molecule has 0 amide bonds. The Balaban J connectivity index is 1.90. The average Bonchev–Trinajstić information content (AvgIpc) is 2.59. The van der Waals surface area contributed by atoms with Gasteiger partial charge in [0.25, 0.3) is 0 Å². The van der Waals surface area contributed by atoms with Crippen LogP contribution < -0.4 is 4.90 Å². The summed E-state index contributed by atoms with van der Waals surface area (Å²) in [6.45, 7) is 3.70. The predicted octanol–water partition coefficient (Wildman–Crippen LogP) is 5.36. The Bertz CT molecular complexity index is 716. The second kappa shape index (κ2) is 7.42. The van der Waals surface area contributed by atoms with E-state index in [0.717, 1.165) is 29.1 Å². The van der Waals surface area contributed by atoms with Gasteiger partial charge in [-0.3, -0.25) is 0 Å². The minimum absolute atomic E-state index is 0.837. The molecule has 0 bridgehead atoms. The number of rotatable bonds is 5. The van der Waals surface area contributed by atoms with Crippen molar-refractivity contribution in [2.24, 2.45) is 0 Å². The Hall–Kier alpha value is -2.13. The molecule has 0 fully saturated rings. The largest absolute Gasteiger partial charge is 0.348 e. The van der Waals surface area contributed by atoms with E-state index in [9.17, 15) is 0 Å². The third kappa shape index (κ3) is 4.20. The van der Waals surface area contributed by atoms with Crippen LogP contribution in [0.15, 0.2) is 77.3 Å². The van der Waals surface area contributed by atoms with Gasteiger partial charge in [0.1, 0.15) is 5.82 Å².